The molecule has 1 amide bonds. The standard InChI is InChI=1S/C21H25FN6O4S/c1-32-17-11-25-16(10-26-17)18(29)27-13-5-6-15(22)14(9-13)21(24)12-33(30,31)20(19(23)28-21)7-3-2-4-8-20/h5-6,9-11H,2-4,7-8,12,24H2,1H3,(H2,23,28)(H,27,29). The predicted molar refractivity (Wildman–Crippen MR) is 120 cm³/mol. The van der Waals surface area contributed by atoms with E-state index in [1.165, 1.54) is 31.6 Å². The van der Waals surface area contributed by atoms with Crippen molar-refractivity contribution < 1.29 is 22.3 Å². The SMILES string of the molecule is COc1cnc(C(=O)Nc2ccc(F)c(C3(N)CS(=O)(=O)C4(CCCCC4)C(N)=N3)c2)cn1. The highest BCUT2D eigenvalue weighted by atomic mass is 32.2. The minimum atomic E-state index is -3.82. The molecule has 1 atom stereocenters. The van der Waals surface area contributed by atoms with E-state index in [0.29, 0.717) is 12.8 Å². The van der Waals surface area contributed by atoms with Crippen molar-refractivity contribution in [2.75, 3.05) is 18.2 Å². The monoisotopic (exact) mass is 476 g/mol. The van der Waals surface area contributed by atoms with Gasteiger partial charge in [0.05, 0.1) is 25.3 Å². The zero-order chi connectivity index (χ0) is 23.9. The molecule has 0 radical (unpaired) electrons. The normalized spacial score (nSPS) is 23.5. The number of nitrogens with one attached hydrogen (secondary N) is 1. The van der Waals surface area contributed by atoms with Crippen LogP contribution in [0.1, 0.15) is 48.2 Å². The Kier molecular flexibility index (Phi) is 5.83. The number of sulfone groups is 1. The highest BCUT2D eigenvalue weighted by Gasteiger charge is 2.55. The Balaban J connectivity index is 1.66. The molecule has 1 fully saturated rings. The predicted octanol–water partition coefficient (Wildman–Crippen LogP) is 1.48. The van der Waals surface area contributed by atoms with Gasteiger partial charge in [0.2, 0.25) is 5.88 Å². The number of benzene rings is 1. The average Bonchev–Trinajstić information content (AvgIpc) is 2.79. The van der Waals surface area contributed by atoms with E-state index in [0.717, 1.165) is 25.3 Å². The second kappa shape index (κ2) is 8.34. The number of carbonyl (C=O) groups excluding carboxylic acids is 1. The summed E-state index contributed by atoms with van der Waals surface area (Å²) in [5.74, 6) is -1.79. The first-order valence-electron chi connectivity index (χ1n) is 10.4. The molecule has 2 aliphatic rings. The fourth-order valence-corrected chi connectivity index (χ4v) is 6.78. The van der Waals surface area contributed by atoms with Crippen LogP contribution >= 0.6 is 0 Å². The lowest BCUT2D eigenvalue weighted by atomic mass is 9.86. The van der Waals surface area contributed by atoms with Crippen molar-refractivity contribution in [3.63, 3.8) is 0 Å². The van der Waals surface area contributed by atoms with Gasteiger partial charge in [0.15, 0.2) is 15.5 Å². The maximum atomic E-state index is 14.8. The Bertz CT molecular complexity index is 1210. The molecule has 1 saturated carbocycles. The number of ether oxygens (including phenoxy) is 1. The van der Waals surface area contributed by atoms with Crippen molar-refractivity contribution in [1.82, 2.24) is 9.97 Å². The first-order chi connectivity index (χ1) is 15.6. The largest absolute Gasteiger partial charge is 0.480 e. The third-order valence-electron chi connectivity index (χ3n) is 6.21. The molecule has 1 aromatic heterocycles. The van der Waals surface area contributed by atoms with Gasteiger partial charge in [0, 0.05) is 11.3 Å². The third kappa shape index (κ3) is 4.04. The molecule has 4 rings (SSSR count). The van der Waals surface area contributed by atoms with Crippen molar-refractivity contribution in [3.8, 4) is 5.88 Å². The molecule has 1 aromatic carbocycles. The van der Waals surface area contributed by atoms with Crippen molar-refractivity contribution in [1.29, 1.82) is 0 Å². The summed E-state index contributed by atoms with van der Waals surface area (Å²) in [7, 11) is -2.40. The van der Waals surface area contributed by atoms with Crippen LogP contribution in [0.15, 0.2) is 35.6 Å². The van der Waals surface area contributed by atoms with Gasteiger partial charge in [-0.05, 0) is 31.0 Å². The number of halogens is 1. The summed E-state index contributed by atoms with van der Waals surface area (Å²) in [5, 5.41) is 2.57. The van der Waals surface area contributed by atoms with Crippen LogP contribution in [0, 0.1) is 5.82 Å². The molecule has 1 unspecified atom stereocenters. The quantitative estimate of drug-likeness (QED) is 0.597. The maximum Gasteiger partial charge on any atom is 0.275 e. The summed E-state index contributed by atoms with van der Waals surface area (Å²) in [6.07, 6.45) is 5.63. The number of amides is 1. The molecule has 10 nitrogen and oxygen atoms in total. The summed E-state index contributed by atoms with van der Waals surface area (Å²) in [6.45, 7) is 0. The Hall–Kier alpha value is -3.12. The zero-order valence-electron chi connectivity index (χ0n) is 18.0. The van der Waals surface area contributed by atoms with E-state index < -0.39 is 37.7 Å². The minimum Gasteiger partial charge on any atom is -0.480 e. The fourth-order valence-electron chi connectivity index (χ4n) is 4.43. The minimum absolute atomic E-state index is 0.00545. The highest BCUT2D eigenvalue weighted by molar-refractivity contribution is 7.93. The summed E-state index contributed by atoms with van der Waals surface area (Å²) < 4.78 is 45.1. The van der Waals surface area contributed by atoms with Gasteiger partial charge in [-0.1, -0.05) is 19.3 Å². The Morgan fingerprint density at radius 3 is 2.52 bits per heavy atom. The number of methoxy groups -OCH3 is 1. The molecular weight excluding hydrogens is 451 g/mol. The number of rotatable bonds is 4. The van der Waals surface area contributed by atoms with Crippen LogP contribution in [-0.2, 0) is 15.5 Å². The lowest BCUT2D eigenvalue weighted by Crippen LogP contribution is -2.61. The number of aromatic nitrogens is 2. The number of carbonyl (C=O) groups is 1. The van der Waals surface area contributed by atoms with E-state index in [1.54, 1.807) is 0 Å². The number of anilines is 1. The van der Waals surface area contributed by atoms with Crippen molar-refractivity contribution >= 4 is 27.3 Å². The molecule has 2 aromatic rings. The molecule has 12 heteroatoms. The lowest BCUT2D eigenvalue weighted by Gasteiger charge is -2.43. The summed E-state index contributed by atoms with van der Waals surface area (Å²) in [5.41, 5.74) is 10.6. The molecule has 5 N–H and O–H groups in total. The molecule has 33 heavy (non-hydrogen) atoms. The van der Waals surface area contributed by atoms with Gasteiger partial charge in [0.1, 0.15) is 22.1 Å². The van der Waals surface area contributed by atoms with Gasteiger partial charge >= 0.3 is 0 Å². The fraction of sp³-hybridized carbons (Fsp3) is 0.429. The summed E-state index contributed by atoms with van der Waals surface area (Å²) in [4.78, 5) is 24.7. The molecule has 0 bridgehead atoms. The van der Waals surface area contributed by atoms with Gasteiger partial charge in [-0.25, -0.2) is 27.8 Å². The van der Waals surface area contributed by atoms with Gasteiger partial charge in [0.25, 0.3) is 5.91 Å². The van der Waals surface area contributed by atoms with E-state index >= 15 is 0 Å². The Morgan fingerprint density at radius 2 is 1.91 bits per heavy atom. The smallest absolute Gasteiger partial charge is 0.275 e. The van der Waals surface area contributed by atoms with Crippen LogP contribution in [-0.4, -0.2) is 47.7 Å². The van der Waals surface area contributed by atoms with Crippen molar-refractivity contribution in [3.05, 3.63) is 47.7 Å². The van der Waals surface area contributed by atoms with Crippen LogP contribution in [0.5, 0.6) is 5.88 Å². The van der Waals surface area contributed by atoms with E-state index in [4.69, 9.17) is 16.2 Å². The maximum absolute atomic E-state index is 14.8. The number of hydrogen-bond donors (Lipinski definition) is 3. The lowest BCUT2D eigenvalue weighted by molar-refractivity contribution is 0.102. The topological polar surface area (TPSA) is 163 Å². The first kappa shape index (κ1) is 23.1. The molecule has 1 aliphatic carbocycles. The van der Waals surface area contributed by atoms with Crippen molar-refractivity contribution in [2.45, 2.75) is 42.5 Å². The molecule has 0 saturated heterocycles. The zero-order valence-corrected chi connectivity index (χ0v) is 18.9. The van der Waals surface area contributed by atoms with Crippen LogP contribution in [0.2, 0.25) is 0 Å². The van der Waals surface area contributed by atoms with E-state index in [9.17, 15) is 17.6 Å². The van der Waals surface area contributed by atoms with Gasteiger partial charge in [-0.2, -0.15) is 0 Å². The average molecular weight is 477 g/mol. The van der Waals surface area contributed by atoms with Crippen molar-refractivity contribution in [2.24, 2.45) is 16.5 Å². The van der Waals surface area contributed by atoms with Gasteiger partial charge < -0.3 is 21.5 Å². The van der Waals surface area contributed by atoms with E-state index in [-0.39, 0.29) is 28.7 Å². The number of nitrogens with two attached hydrogens (primary N) is 2. The van der Waals surface area contributed by atoms with Gasteiger partial charge in [-0.3, -0.25) is 4.79 Å². The highest BCUT2D eigenvalue weighted by Crippen LogP contribution is 2.43. The van der Waals surface area contributed by atoms with Crippen LogP contribution in [0.25, 0.3) is 0 Å². The second-order valence-corrected chi connectivity index (χ2v) is 10.6. The molecular formula is C21H25FN6O4S. The summed E-state index contributed by atoms with van der Waals surface area (Å²) in [6, 6.07) is 3.67. The number of aliphatic imine (C=N–C) groups is 1. The van der Waals surface area contributed by atoms with Crippen LogP contribution < -0.4 is 21.5 Å². The van der Waals surface area contributed by atoms with Crippen LogP contribution in [0.4, 0.5) is 10.1 Å². The number of hydrogen-bond acceptors (Lipinski definition) is 9. The van der Waals surface area contributed by atoms with Crippen LogP contribution in [0.3, 0.4) is 0 Å². The van der Waals surface area contributed by atoms with E-state index in [1.807, 2.05) is 0 Å². The first-order valence-corrected chi connectivity index (χ1v) is 12.1. The van der Waals surface area contributed by atoms with E-state index in [2.05, 4.69) is 20.3 Å². The number of nitrogens with zero attached hydrogens (tertiary/aromatic N) is 3. The second-order valence-electron chi connectivity index (χ2n) is 8.33. The molecule has 1 aliphatic heterocycles. The Morgan fingerprint density at radius 1 is 1.18 bits per heavy atom. The third-order valence-corrected chi connectivity index (χ3v) is 8.84. The molecule has 2 heterocycles. The molecule has 1 spiro atoms. The Labute approximate surface area is 190 Å². The molecule has 176 valence electrons. The number of amidine groups is 1. The summed E-state index contributed by atoms with van der Waals surface area (Å²) >= 11 is 0. The van der Waals surface area contributed by atoms with Gasteiger partial charge in [-0.15, -0.1) is 0 Å².